The highest BCUT2D eigenvalue weighted by molar-refractivity contribution is 7.91. The van der Waals surface area contributed by atoms with E-state index in [4.69, 9.17) is 18.9 Å². The summed E-state index contributed by atoms with van der Waals surface area (Å²) >= 11 is 0. The van der Waals surface area contributed by atoms with Gasteiger partial charge >= 0.3 is 6.09 Å². The summed E-state index contributed by atoms with van der Waals surface area (Å²) < 4.78 is 46.9. The third-order valence-electron chi connectivity index (χ3n) is 12.4. The smallest absolute Gasteiger partial charge is 0.408 e. The Morgan fingerprint density at radius 1 is 0.915 bits per heavy atom. The first kappa shape index (κ1) is 39.0. The lowest BCUT2D eigenvalue weighted by Gasteiger charge is -2.30. The van der Waals surface area contributed by atoms with Gasteiger partial charge < -0.3 is 29.4 Å². The molecule has 5 aliphatic rings. The average molecular weight is 824 g/mol. The van der Waals surface area contributed by atoms with Crippen LogP contribution in [0.5, 0.6) is 5.75 Å². The number of para-hydroxylation sites is 1. The van der Waals surface area contributed by atoms with Crippen LogP contribution in [0, 0.1) is 5.92 Å². The van der Waals surface area contributed by atoms with Crippen LogP contribution in [-0.2, 0) is 29.1 Å². The molecule has 14 nitrogen and oxygen atoms in total. The molecular weight excluding hydrogens is 775 g/mol. The number of alkyl carbamates (subject to hydrolysis) is 1. The van der Waals surface area contributed by atoms with Crippen LogP contribution >= 0.6 is 0 Å². The molecule has 2 aliphatic heterocycles. The van der Waals surface area contributed by atoms with E-state index in [0.717, 1.165) is 49.5 Å². The molecule has 1 saturated heterocycles. The molecule has 15 heteroatoms. The summed E-state index contributed by atoms with van der Waals surface area (Å²) in [6, 6.07) is 16.9. The highest BCUT2D eigenvalue weighted by Crippen LogP contribution is 2.46. The third-order valence-corrected chi connectivity index (χ3v) is 14.2. The van der Waals surface area contributed by atoms with Gasteiger partial charge in [0.05, 0.1) is 17.5 Å². The van der Waals surface area contributed by atoms with Gasteiger partial charge in [-0.3, -0.25) is 19.1 Å². The van der Waals surface area contributed by atoms with Gasteiger partial charge in [-0.15, -0.1) is 0 Å². The zero-order valence-electron chi connectivity index (χ0n) is 32.8. The second kappa shape index (κ2) is 16.0. The molecule has 2 aromatic heterocycles. The van der Waals surface area contributed by atoms with Gasteiger partial charge in [0.15, 0.2) is 11.3 Å². The van der Waals surface area contributed by atoms with Crippen LogP contribution in [0.15, 0.2) is 77.2 Å². The number of fused-ring (bicyclic) bond motifs is 5. The number of sulfonamides is 1. The van der Waals surface area contributed by atoms with Gasteiger partial charge in [0.25, 0.3) is 5.91 Å². The molecule has 4 heterocycles. The van der Waals surface area contributed by atoms with E-state index in [-0.39, 0.29) is 25.5 Å². The predicted molar refractivity (Wildman–Crippen MR) is 218 cm³/mol. The Labute approximate surface area is 342 Å². The lowest BCUT2D eigenvalue weighted by atomic mass is 10.0. The summed E-state index contributed by atoms with van der Waals surface area (Å²) in [6.45, 7) is -0.0178. The number of allylic oxidation sites excluding steroid dienone is 1. The van der Waals surface area contributed by atoms with Crippen molar-refractivity contribution in [1.82, 2.24) is 25.2 Å². The Morgan fingerprint density at radius 2 is 1.68 bits per heavy atom. The van der Waals surface area contributed by atoms with Crippen molar-refractivity contribution in [3.05, 3.63) is 72.8 Å². The van der Waals surface area contributed by atoms with Gasteiger partial charge in [0.1, 0.15) is 40.9 Å². The minimum Gasteiger partial charge on any atom is -0.484 e. The Kier molecular flexibility index (Phi) is 10.6. The number of carbonyl (C=O) groups excluding carboxylic acids is 4. The van der Waals surface area contributed by atoms with Crippen molar-refractivity contribution in [1.29, 1.82) is 0 Å². The standard InChI is InChI=1S/C44H49N5O9S/c50-40-35-23-30(56-37-24-34(27-13-5-4-6-14-27)45-38-32-18-11-12-20-36(32)58-39(37)38)26-49(35)41(51)33(46-43(53)57-29-16-9-10-17-29)19-8-3-1-2-7-15-28-25-44(28,47-40)42(52)48-59(54,55)31-21-22-31/h4-7,11-15,18,20,24,28-31,33,35H,1-3,8-10,16-17,19,21-23,25-26H2,(H,46,53)(H,47,50)(H,48,52). The maximum Gasteiger partial charge on any atom is 0.408 e. The summed E-state index contributed by atoms with van der Waals surface area (Å²) in [5.41, 5.74) is 1.64. The monoisotopic (exact) mass is 823 g/mol. The molecule has 0 radical (unpaired) electrons. The van der Waals surface area contributed by atoms with E-state index >= 15 is 0 Å². The molecule has 4 fully saturated rings. The van der Waals surface area contributed by atoms with Crippen molar-refractivity contribution in [2.75, 3.05) is 6.54 Å². The molecule has 0 spiro atoms. The molecule has 9 rings (SSSR count). The van der Waals surface area contributed by atoms with Crippen molar-refractivity contribution in [2.24, 2.45) is 5.92 Å². The summed E-state index contributed by atoms with van der Waals surface area (Å²) in [5.74, 6) is -1.92. The predicted octanol–water partition coefficient (Wildman–Crippen LogP) is 6.04. The molecule has 0 bridgehead atoms. The fourth-order valence-electron chi connectivity index (χ4n) is 8.86. The van der Waals surface area contributed by atoms with Crippen LogP contribution < -0.4 is 20.1 Å². The van der Waals surface area contributed by atoms with Gasteiger partial charge in [-0.05, 0) is 76.3 Å². The maximum absolute atomic E-state index is 14.7. The van der Waals surface area contributed by atoms with Crippen LogP contribution in [0.2, 0.25) is 0 Å². The molecule has 4 aromatic rings. The summed E-state index contributed by atoms with van der Waals surface area (Å²) in [7, 11) is -3.90. The average Bonchev–Trinajstić information content (AvgIpc) is 4.04. The van der Waals surface area contributed by atoms with Crippen LogP contribution in [0.4, 0.5) is 4.79 Å². The highest BCUT2D eigenvalue weighted by atomic mass is 32.2. The first-order valence-corrected chi connectivity index (χ1v) is 22.5. The van der Waals surface area contributed by atoms with E-state index in [1.807, 2.05) is 66.7 Å². The molecule has 5 atom stereocenters. The largest absolute Gasteiger partial charge is 0.484 e. The Bertz CT molecular complexity index is 2410. The SMILES string of the molecule is O=C(NC1CCCCCC=CC2CC2(C(=O)NS(=O)(=O)C2CC2)NC(=O)C2CC(Oc3cc(-c4ccccc4)nc4c3oc3ccccc34)CN2C1=O)OC1CCCC1. The van der Waals surface area contributed by atoms with Gasteiger partial charge in [-0.25, -0.2) is 18.2 Å². The normalized spacial score (nSPS) is 26.7. The molecule has 3 N–H and O–H groups in total. The number of nitrogens with zero attached hydrogens (tertiary/aromatic N) is 2. The van der Waals surface area contributed by atoms with Crippen LogP contribution in [0.1, 0.15) is 83.5 Å². The lowest BCUT2D eigenvalue weighted by molar-refractivity contribution is -0.141. The van der Waals surface area contributed by atoms with Crippen molar-refractivity contribution in [2.45, 2.75) is 119 Å². The third kappa shape index (κ3) is 8.13. The van der Waals surface area contributed by atoms with Crippen LogP contribution in [0.25, 0.3) is 33.3 Å². The zero-order chi connectivity index (χ0) is 40.7. The Morgan fingerprint density at radius 3 is 2.47 bits per heavy atom. The lowest BCUT2D eigenvalue weighted by Crippen LogP contribution is -2.58. The molecule has 4 amide bonds. The topological polar surface area (TPSA) is 186 Å². The van der Waals surface area contributed by atoms with Crippen molar-refractivity contribution < 1.29 is 41.5 Å². The number of hydrogen-bond acceptors (Lipinski definition) is 10. The van der Waals surface area contributed by atoms with E-state index in [2.05, 4.69) is 15.4 Å². The van der Waals surface area contributed by atoms with E-state index in [9.17, 15) is 27.6 Å². The van der Waals surface area contributed by atoms with Crippen molar-refractivity contribution in [3.63, 3.8) is 0 Å². The molecule has 5 unspecified atom stereocenters. The van der Waals surface area contributed by atoms with Crippen molar-refractivity contribution >= 4 is 55.9 Å². The first-order chi connectivity index (χ1) is 28.6. The Balaban J connectivity index is 1.05. The fourth-order valence-corrected chi connectivity index (χ4v) is 10.2. The van der Waals surface area contributed by atoms with Crippen molar-refractivity contribution in [3.8, 4) is 17.0 Å². The summed E-state index contributed by atoms with van der Waals surface area (Å²) in [6.07, 6.45) is 10.1. The molecule has 3 saturated carbocycles. The van der Waals surface area contributed by atoms with Gasteiger partial charge in [0, 0.05) is 29.4 Å². The molecule has 2 aromatic carbocycles. The Hall–Kier alpha value is -5.44. The highest BCUT2D eigenvalue weighted by Gasteiger charge is 2.62. The number of amides is 4. The molecular formula is C44H49N5O9S. The van der Waals surface area contributed by atoms with E-state index in [0.29, 0.717) is 60.2 Å². The van der Waals surface area contributed by atoms with Gasteiger partial charge in [-0.1, -0.05) is 67.5 Å². The second-order valence-corrected chi connectivity index (χ2v) is 18.6. The number of furan rings is 1. The number of hydrogen-bond donors (Lipinski definition) is 3. The number of nitrogens with one attached hydrogen (secondary N) is 3. The molecule has 3 aliphatic carbocycles. The molecule has 59 heavy (non-hydrogen) atoms. The van der Waals surface area contributed by atoms with E-state index < -0.39 is 68.7 Å². The quantitative estimate of drug-likeness (QED) is 0.177. The van der Waals surface area contributed by atoms with Crippen LogP contribution in [-0.4, -0.2) is 83.7 Å². The first-order valence-electron chi connectivity index (χ1n) is 20.9. The van der Waals surface area contributed by atoms with E-state index in [1.54, 1.807) is 6.07 Å². The minimum atomic E-state index is -3.90. The number of rotatable bonds is 8. The van der Waals surface area contributed by atoms with Crippen LogP contribution in [0.3, 0.4) is 0 Å². The number of aromatic nitrogens is 1. The second-order valence-electron chi connectivity index (χ2n) is 16.7. The maximum atomic E-state index is 14.7. The zero-order valence-corrected chi connectivity index (χ0v) is 33.6. The molecule has 310 valence electrons. The minimum absolute atomic E-state index is 0.0178. The summed E-state index contributed by atoms with van der Waals surface area (Å²) in [4.78, 5) is 62.8. The number of benzene rings is 2. The number of ether oxygens (including phenoxy) is 2. The summed E-state index contributed by atoms with van der Waals surface area (Å²) in [5, 5.41) is 5.93. The number of pyridine rings is 1. The van der Waals surface area contributed by atoms with Gasteiger partial charge in [0.2, 0.25) is 21.8 Å². The fraction of sp³-hybridized carbons (Fsp3) is 0.477. The number of carbonyl (C=O) groups is 4. The van der Waals surface area contributed by atoms with Gasteiger partial charge in [-0.2, -0.15) is 0 Å². The van der Waals surface area contributed by atoms with E-state index in [1.165, 1.54) is 4.90 Å².